The molecule has 0 saturated carbocycles. The average molecular weight is 319 g/mol. The van der Waals surface area contributed by atoms with Gasteiger partial charge in [-0.05, 0) is 61.8 Å². The molecule has 0 heterocycles. The fourth-order valence-electron chi connectivity index (χ4n) is 3.41. The maximum absolute atomic E-state index is 9.47. The van der Waals surface area contributed by atoms with E-state index in [0.717, 1.165) is 38.0 Å². The number of aliphatic hydroxyl groups excluding tert-OH is 1. The van der Waals surface area contributed by atoms with Gasteiger partial charge >= 0.3 is 0 Å². The third-order valence-electron chi connectivity index (χ3n) is 5.20. The maximum Gasteiger partial charge on any atom is 0.119 e. The number of rotatable bonds is 9. The van der Waals surface area contributed by atoms with Gasteiger partial charge in [-0.25, -0.2) is 0 Å². The van der Waals surface area contributed by atoms with Crippen LogP contribution < -0.4 is 10.5 Å². The van der Waals surface area contributed by atoms with E-state index in [1.165, 1.54) is 36.8 Å². The van der Waals surface area contributed by atoms with Gasteiger partial charge in [-0.1, -0.05) is 38.7 Å². The zero-order valence-electron chi connectivity index (χ0n) is 14.8. The summed E-state index contributed by atoms with van der Waals surface area (Å²) in [6, 6.07) is 6.46. The fraction of sp³-hybridized carbons (Fsp3) is 0.700. The Bertz CT molecular complexity index is 485. The minimum Gasteiger partial charge on any atom is -0.494 e. The van der Waals surface area contributed by atoms with E-state index in [1.54, 1.807) is 0 Å². The molecular formula is C20H33NO2. The van der Waals surface area contributed by atoms with Gasteiger partial charge in [0.2, 0.25) is 0 Å². The molecule has 2 atom stereocenters. The molecule has 23 heavy (non-hydrogen) atoms. The second-order valence-electron chi connectivity index (χ2n) is 7.30. The average Bonchev–Trinajstić information content (AvgIpc) is 2.57. The molecule has 1 unspecified atom stereocenters. The van der Waals surface area contributed by atoms with Gasteiger partial charge < -0.3 is 15.6 Å². The van der Waals surface area contributed by atoms with Crippen molar-refractivity contribution in [3.63, 3.8) is 0 Å². The van der Waals surface area contributed by atoms with E-state index < -0.39 is 5.54 Å². The molecule has 0 amide bonds. The van der Waals surface area contributed by atoms with E-state index in [4.69, 9.17) is 10.5 Å². The van der Waals surface area contributed by atoms with Gasteiger partial charge in [0.15, 0.2) is 0 Å². The van der Waals surface area contributed by atoms with Crippen molar-refractivity contribution in [2.75, 3.05) is 13.2 Å². The third kappa shape index (κ3) is 5.22. The molecule has 0 radical (unpaired) electrons. The zero-order valence-corrected chi connectivity index (χ0v) is 14.8. The molecule has 1 aromatic carbocycles. The molecule has 0 aliphatic heterocycles. The van der Waals surface area contributed by atoms with Gasteiger partial charge in [0.05, 0.1) is 13.2 Å². The van der Waals surface area contributed by atoms with Crippen LogP contribution in [-0.4, -0.2) is 23.9 Å². The van der Waals surface area contributed by atoms with Crippen LogP contribution in [0.15, 0.2) is 18.2 Å². The summed E-state index contributed by atoms with van der Waals surface area (Å²) in [5, 5.41) is 9.47. The number of hydrogen-bond donors (Lipinski definition) is 2. The van der Waals surface area contributed by atoms with E-state index in [9.17, 15) is 5.11 Å². The van der Waals surface area contributed by atoms with Crippen LogP contribution in [0.1, 0.15) is 63.5 Å². The number of aliphatic hydroxyl groups is 1. The number of fused-ring (bicyclic) bond motifs is 1. The van der Waals surface area contributed by atoms with Crippen molar-refractivity contribution in [1.82, 2.24) is 0 Å². The van der Waals surface area contributed by atoms with Crippen molar-refractivity contribution >= 4 is 0 Å². The first-order valence-corrected chi connectivity index (χ1v) is 9.21. The molecule has 0 spiro atoms. The molecule has 0 saturated heterocycles. The number of aryl methyl sites for hydroxylation is 1. The number of unbranched alkanes of at least 4 members (excludes halogenated alkanes) is 4. The summed E-state index contributed by atoms with van der Waals surface area (Å²) >= 11 is 0. The van der Waals surface area contributed by atoms with Crippen LogP contribution in [0.5, 0.6) is 5.75 Å². The molecule has 0 bridgehead atoms. The Morgan fingerprint density at radius 2 is 2.00 bits per heavy atom. The quantitative estimate of drug-likeness (QED) is 0.680. The van der Waals surface area contributed by atoms with E-state index in [2.05, 4.69) is 25.1 Å². The lowest BCUT2D eigenvalue weighted by Gasteiger charge is -2.36. The molecule has 130 valence electrons. The number of hydrogen-bond acceptors (Lipinski definition) is 3. The van der Waals surface area contributed by atoms with Gasteiger partial charge in [-0.15, -0.1) is 0 Å². The van der Waals surface area contributed by atoms with E-state index in [1.807, 2.05) is 6.92 Å². The van der Waals surface area contributed by atoms with E-state index >= 15 is 0 Å². The van der Waals surface area contributed by atoms with Crippen molar-refractivity contribution in [3.8, 4) is 5.75 Å². The first kappa shape index (κ1) is 18.3. The van der Waals surface area contributed by atoms with Crippen LogP contribution in [0.4, 0.5) is 0 Å². The molecule has 0 fully saturated rings. The molecule has 1 aliphatic carbocycles. The Kier molecular flexibility index (Phi) is 6.91. The lowest BCUT2D eigenvalue weighted by atomic mass is 9.74. The highest BCUT2D eigenvalue weighted by Gasteiger charge is 2.32. The van der Waals surface area contributed by atoms with Crippen molar-refractivity contribution in [1.29, 1.82) is 0 Å². The molecular weight excluding hydrogens is 286 g/mol. The third-order valence-corrected chi connectivity index (χ3v) is 5.20. The highest BCUT2D eigenvalue weighted by Crippen LogP contribution is 2.33. The predicted molar refractivity (Wildman–Crippen MR) is 95.9 cm³/mol. The number of ether oxygens (including phenoxy) is 1. The minimum absolute atomic E-state index is 0.0478. The predicted octanol–water partition coefficient (Wildman–Crippen LogP) is 3.85. The van der Waals surface area contributed by atoms with Crippen molar-refractivity contribution in [2.45, 2.75) is 70.8 Å². The summed E-state index contributed by atoms with van der Waals surface area (Å²) in [6.45, 7) is 5.06. The topological polar surface area (TPSA) is 55.5 Å². The molecule has 0 aromatic heterocycles. The fourth-order valence-corrected chi connectivity index (χ4v) is 3.41. The number of benzene rings is 1. The van der Waals surface area contributed by atoms with Gasteiger partial charge in [-0.2, -0.15) is 0 Å². The molecule has 1 aliphatic rings. The Morgan fingerprint density at radius 1 is 1.22 bits per heavy atom. The minimum atomic E-state index is -0.481. The summed E-state index contributed by atoms with van der Waals surface area (Å²) in [7, 11) is 0. The Labute approximate surface area is 141 Å². The highest BCUT2D eigenvalue weighted by atomic mass is 16.5. The van der Waals surface area contributed by atoms with Crippen LogP contribution in [0, 0.1) is 5.92 Å². The molecule has 3 N–H and O–H groups in total. The molecule has 1 aromatic rings. The first-order chi connectivity index (χ1) is 11.1. The maximum atomic E-state index is 9.47. The van der Waals surface area contributed by atoms with Gasteiger partial charge in [0, 0.05) is 5.54 Å². The van der Waals surface area contributed by atoms with Gasteiger partial charge in [0.1, 0.15) is 5.75 Å². The second kappa shape index (κ2) is 8.70. The van der Waals surface area contributed by atoms with Gasteiger partial charge in [-0.3, -0.25) is 0 Å². The smallest absolute Gasteiger partial charge is 0.119 e. The van der Waals surface area contributed by atoms with E-state index in [0.29, 0.717) is 5.92 Å². The molecule has 3 nitrogen and oxygen atoms in total. The molecule has 2 rings (SSSR count). The Morgan fingerprint density at radius 3 is 2.74 bits per heavy atom. The molecule has 3 heteroatoms. The van der Waals surface area contributed by atoms with E-state index in [-0.39, 0.29) is 6.61 Å². The Balaban J connectivity index is 1.84. The Hall–Kier alpha value is -1.06. The monoisotopic (exact) mass is 319 g/mol. The summed E-state index contributed by atoms with van der Waals surface area (Å²) in [5.74, 6) is 1.35. The summed E-state index contributed by atoms with van der Waals surface area (Å²) in [4.78, 5) is 0. The van der Waals surface area contributed by atoms with Crippen molar-refractivity contribution in [3.05, 3.63) is 29.3 Å². The standard InChI is InChI=1S/C20H33NO2/c1-3-4-5-6-7-12-23-19-11-9-16-13-18(20(2,21)15-22)10-8-17(16)14-19/h9,11,14,18,22H,3-8,10,12-13,15,21H2,1-2H3/t18?,20-/m1/s1. The summed E-state index contributed by atoms with van der Waals surface area (Å²) in [5.41, 5.74) is 8.49. The van der Waals surface area contributed by atoms with Crippen LogP contribution in [0.3, 0.4) is 0 Å². The van der Waals surface area contributed by atoms with Crippen LogP contribution in [0.2, 0.25) is 0 Å². The zero-order chi connectivity index (χ0) is 16.7. The van der Waals surface area contributed by atoms with Crippen molar-refractivity contribution in [2.24, 2.45) is 11.7 Å². The lowest BCUT2D eigenvalue weighted by Crippen LogP contribution is -2.49. The van der Waals surface area contributed by atoms with Crippen LogP contribution >= 0.6 is 0 Å². The second-order valence-corrected chi connectivity index (χ2v) is 7.30. The van der Waals surface area contributed by atoms with Crippen LogP contribution in [-0.2, 0) is 12.8 Å². The summed E-state index contributed by atoms with van der Waals surface area (Å²) < 4.78 is 5.90. The largest absolute Gasteiger partial charge is 0.494 e. The summed E-state index contributed by atoms with van der Waals surface area (Å²) in [6.07, 6.45) is 9.35. The normalized spacial score (nSPS) is 19.9. The SMILES string of the molecule is CCCCCCCOc1ccc2c(c1)CCC([C@](C)(N)CO)C2. The van der Waals surface area contributed by atoms with Crippen molar-refractivity contribution < 1.29 is 9.84 Å². The number of nitrogens with two attached hydrogens (primary N) is 1. The lowest BCUT2D eigenvalue weighted by molar-refractivity contribution is 0.144. The first-order valence-electron chi connectivity index (χ1n) is 9.21. The highest BCUT2D eigenvalue weighted by molar-refractivity contribution is 5.38. The van der Waals surface area contributed by atoms with Crippen LogP contribution in [0.25, 0.3) is 0 Å². The van der Waals surface area contributed by atoms with Gasteiger partial charge in [0.25, 0.3) is 0 Å².